The molecule has 0 saturated carbocycles. The first-order valence-electron chi connectivity index (χ1n) is 7.04. The molecule has 1 atom stereocenters. The third-order valence-electron chi connectivity index (χ3n) is 4.31. The molecule has 0 spiro atoms. The van der Waals surface area contributed by atoms with Crippen molar-refractivity contribution in [2.75, 3.05) is 6.54 Å². The minimum absolute atomic E-state index is 0.0212. The zero-order valence-electron chi connectivity index (χ0n) is 11.1. The van der Waals surface area contributed by atoms with Crippen LogP contribution in [0.3, 0.4) is 0 Å². The SMILES string of the molecule is O=C1CCn2c(nc3ccccc3c2=O)[C@@H]2CCCN12. The van der Waals surface area contributed by atoms with Gasteiger partial charge in [0.2, 0.25) is 5.91 Å². The second-order valence-electron chi connectivity index (χ2n) is 5.44. The summed E-state index contributed by atoms with van der Waals surface area (Å²) in [4.78, 5) is 31.3. The molecular weight excluding hydrogens is 254 g/mol. The number of carbonyl (C=O) groups is 1. The van der Waals surface area contributed by atoms with Crippen molar-refractivity contribution < 1.29 is 4.79 Å². The quantitative estimate of drug-likeness (QED) is 0.727. The third-order valence-corrected chi connectivity index (χ3v) is 4.31. The van der Waals surface area contributed by atoms with Crippen molar-refractivity contribution in [3.8, 4) is 0 Å². The van der Waals surface area contributed by atoms with Crippen molar-refractivity contribution in [3.05, 3.63) is 40.4 Å². The Morgan fingerprint density at radius 2 is 2.00 bits per heavy atom. The van der Waals surface area contributed by atoms with Gasteiger partial charge in [-0.2, -0.15) is 0 Å². The van der Waals surface area contributed by atoms with E-state index in [-0.39, 0.29) is 17.5 Å². The Labute approximate surface area is 115 Å². The maximum absolute atomic E-state index is 12.6. The number of hydrogen-bond donors (Lipinski definition) is 0. The van der Waals surface area contributed by atoms with E-state index in [1.165, 1.54) is 0 Å². The summed E-state index contributed by atoms with van der Waals surface area (Å²) < 4.78 is 1.70. The van der Waals surface area contributed by atoms with Crippen LogP contribution in [0, 0.1) is 0 Å². The van der Waals surface area contributed by atoms with E-state index in [1.807, 2.05) is 23.1 Å². The van der Waals surface area contributed by atoms with Gasteiger partial charge < -0.3 is 4.90 Å². The maximum atomic E-state index is 12.6. The number of benzene rings is 1. The molecule has 1 saturated heterocycles. The second-order valence-corrected chi connectivity index (χ2v) is 5.44. The molecule has 2 aliphatic heterocycles. The molecule has 0 radical (unpaired) electrons. The number of rotatable bonds is 0. The number of nitrogens with zero attached hydrogens (tertiary/aromatic N) is 3. The van der Waals surface area contributed by atoms with E-state index in [4.69, 9.17) is 0 Å². The second kappa shape index (κ2) is 4.16. The van der Waals surface area contributed by atoms with Crippen LogP contribution in [-0.2, 0) is 11.3 Å². The molecule has 3 heterocycles. The Morgan fingerprint density at radius 1 is 1.15 bits per heavy atom. The molecule has 1 amide bonds. The van der Waals surface area contributed by atoms with E-state index < -0.39 is 0 Å². The molecule has 0 N–H and O–H groups in total. The van der Waals surface area contributed by atoms with E-state index in [0.717, 1.165) is 30.7 Å². The molecule has 5 nitrogen and oxygen atoms in total. The van der Waals surface area contributed by atoms with Crippen molar-refractivity contribution in [2.45, 2.75) is 31.8 Å². The lowest BCUT2D eigenvalue weighted by Gasteiger charge is -2.22. The van der Waals surface area contributed by atoms with Gasteiger partial charge in [-0.3, -0.25) is 14.2 Å². The molecule has 0 bridgehead atoms. The Balaban J connectivity index is 2.02. The van der Waals surface area contributed by atoms with E-state index in [0.29, 0.717) is 18.4 Å². The average molecular weight is 269 g/mol. The minimum Gasteiger partial charge on any atom is -0.332 e. The van der Waals surface area contributed by atoms with Gasteiger partial charge in [-0.15, -0.1) is 0 Å². The Bertz CT molecular complexity index is 765. The van der Waals surface area contributed by atoms with E-state index in [1.54, 1.807) is 10.6 Å². The predicted molar refractivity (Wildman–Crippen MR) is 74.3 cm³/mol. The van der Waals surface area contributed by atoms with Gasteiger partial charge in [0.15, 0.2) is 0 Å². The number of carbonyl (C=O) groups excluding carboxylic acids is 1. The third kappa shape index (κ3) is 1.52. The van der Waals surface area contributed by atoms with Gasteiger partial charge in [0.1, 0.15) is 5.82 Å². The van der Waals surface area contributed by atoms with Gasteiger partial charge >= 0.3 is 0 Å². The standard InChI is InChI=1S/C15H15N3O2/c19-13-7-9-18-14(12-6-3-8-17(12)13)16-11-5-2-1-4-10(11)15(18)20/h1-2,4-5,12H,3,6-9H2/t12-/m0/s1. The molecule has 2 aliphatic rings. The minimum atomic E-state index is -0.0256. The van der Waals surface area contributed by atoms with Crippen molar-refractivity contribution in [2.24, 2.45) is 0 Å². The highest BCUT2D eigenvalue weighted by atomic mass is 16.2. The largest absolute Gasteiger partial charge is 0.332 e. The number of fused-ring (bicyclic) bond motifs is 4. The van der Waals surface area contributed by atoms with Crippen LogP contribution in [-0.4, -0.2) is 26.9 Å². The summed E-state index contributed by atoms with van der Waals surface area (Å²) in [5.74, 6) is 0.901. The highest BCUT2D eigenvalue weighted by Crippen LogP contribution is 2.33. The van der Waals surface area contributed by atoms with Crippen LogP contribution in [0.2, 0.25) is 0 Å². The number of amides is 1. The number of aromatic nitrogens is 2. The van der Waals surface area contributed by atoms with Crippen molar-refractivity contribution >= 4 is 16.8 Å². The van der Waals surface area contributed by atoms with Gasteiger partial charge in [-0.1, -0.05) is 12.1 Å². The van der Waals surface area contributed by atoms with E-state index >= 15 is 0 Å². The van der Waals surface area contributed by atoms with E-state index in [9.17, 15) is 9.59 Å². The Morgan fingerprint density at radius 3 is 2.90 bits per heavy atom. The summed E-state index contributed by atoms with van der Waals surface area (Å²) in [6.07, 6.45) is 2.28. The van der Waals surface area contributed by atoms with Gasteiger partial charge in [0, 0.05) is 19.5 Å². The molecule has 4 rings (SSSR count). The molecule has 0 aliphatic carbocycles. The molecule has 5 heteroatoms. The molecule has 102 valence electrons. The summed E-state index contributed by atoms with van der Waals surface area (Å²) in [6, 6.07) is 7.38. The molecule has 20 heavy (non-hydrogen) atoms. The van der Waals surface area contributed by atoms with Crippen molar-refractivity contribution in [3.63, 3.8) is 0 Å². The van der Waals surface area contributed by atoms with Gasteiger partial charge in [-0.05, 0) is 25.0 Å². The van der Waals surface area contributed by atoms with Crippen LogP contribution in [0.4, 0.5) is 0 Å². The zero-order valence-corrected chi connectivity index (χ0v) is 11.1. The average Bonchev–Trinajstić information content (AvgIpc) is 2.91. The highest BCUT2D eigenvalue weighted by Gasteiger charge is 2.35. The first-order valence-corrected chi connectivity index (χ1v) is 7.04. The van der Waals surface area contributed by atoms with Crippen LogP contribution < -0.4 is 5.56 Å². The zero-order chi connectivity index (χ0) is 13.7. The van der Waals surface area contributed by atoms with Crippen LogP contribution in [0.5, 0.6) is 0 Å². The smallest absolute Gasteiger partial charge is 0.261 e. The molecule has 1 fully saturated rings. The fraction of sp³-hybridized carbons (Fsp3) is 0.400. The molecule has 2 aromatic rings. The number of para-hydroxylation sites is 1. The molecular formula is C15H15N3O2. The summed E-state index contributed by atoms with van der Waals surface area (Å²) in [5.41, 5.74) is 0.706. The Kier molecular flexibility index (Phi) is 2.42. The first-order chi connectivity index (χ1) is 9.75. The van der Waals surface area contributed by atoms with E-state index in [2.05, 4.69) is 4.98 Å². The lowest BCUT2D eigenvalue weighted by atomic mass is 10.2. The normalized spacial score (nSPS) is 21.7. The molecule has 1 aromatic carbocycles. The first kappa shape index (κ1) is 11.6. The van der Waals surface area contributed by atoms with Crippen LogP contribution >= 0.6 is 0 Å². The van der Waals surface area contributed by atoms with Crippen LogP contribution in [0.15, 0.2) is 29.1 Å². The van der Waals surface area contributed by atoms with Gasteiger partial charge in [0.05, 0.1) is 16.9 Å². The molecule has 0 unspecified atom stereocenters. The topological polar surface area (TPSA) is 55.2 Å². The predicted octanol–water partition coefficient (Wildman–Crippen LogP) is 1.46. The van der Waals surface area contributed by atoms with Gasteiger partial charge in [0.25, 0.3) is 5.56 Å². The summed E-state index contributed by atoms with van der Waals surface area (Å²) >= 11 is 0. The van der Waals surface area contributed by atoms with Crippen LogP contribution in [0.1, 0.15) is 31.1 Å². The van der Waals surface area contributed by atoms with Gasteiger partial charge in [-0.25, -0.2) is 4.98 Å². The van der Waals surface area contributed by atoms with Crippen LogP contribution in [0.25, 0.3) is 10.9 Å². The van der Waals surface area contributed by atoms with Crippen molar-refractivity contribution in [1.29, 1.82) is 0 Å². The summed E-state index contributed by atoms with van der Waals surface area (Å²) in [5, 5.41) is 0.634. The lowest BCUT2D eigenvalue weighted by molar-refractivity contribution is -0.131. The summed E-state index contributed by atoms with van der Waals surface area (Å²) in [7, 11) is 0. The fourth-order valence-corrected chi connectivity index (χ4v) is 3.34. The Hall–Kier alpha value is -2.17. The lowest BCUT2D eigenvalue weighted by Crippen LogP contribution is -2.30. The monoisotopic (exact) mass is 269 g/mol. The van der Waals surface area contributed by atoms with Crippen molar-refractivity contribution in [1.82, 2.24) is 14.5 Å². The highest BCUT2D eigenvalue weighted by molar-refractivity contribution is 5.79. The molecule has 1 aromatic heterocycles. The fourth-order valence-electron chi connectivity index (χ4n) is 3.34. The maximum Gasteiger partial charge on any atom is 0.261 e. The number of hydrogen-bond acceptors (Lipinski definition) is 3. The summed E-state index contributed by atoms with van der Waals surface area (Å²) in [6.45, 7) is 1.23.